The number of aromatic carboxylic acids is 1. The predicted molar refractivity (Wildman–Crippen MR) is 65.3 cm³/mol. The molecule has 0 aliphatic carbocycles. The van der Waals surface area contributed by atoms with Gasteiger partial charge in [-0.15, -0.1) is 0 Å². The molecule has 0 amide bonds. The molecule has 1 aromatic rings. The van der Waals surface area contributed by atoms with Gasteiger partial charge in [0.1, 0.15) is 0 Å². The Morgan fingerprint density at radius 1 is 1.53 bits per heavy atom. The highest BCUT2D eigenvalue weighted by Gasteiger charge is 2.31. The van der Waals surface area contributed by atoms with Crippen LogP contribution in [-0.4, -0.2) is 34.9 Å². The van der Waals surface area contributed by atoms with E-state index in [1.807, 2.05) is 4.90 Å². The highest BCUT2D eigenvalue weighted by molar-refractivity contribution is 5.94. The molecule has 17 heavy (non-hydrogen) atoms. The van der Waals surface area contributed by atoms with Gasteiger partial charge in [0.05, 0.1) is 11.2 Å². The van der Waals surface area contributed by atoms with Gasteiger partial charge in [-0.3, -0.25) is 0 Å². The summed E-state index contributed by atoms with van der Waals surface area (Å²) in [5.74, 6) is -1.03. The Kier molecular flexibility index (Phi) is 2.71. The van der Waals surface area contributed by atoms with Crippen LogP contribution in [0.5, 0.6) is 0 Å². The van der Waals surface area contributed by atoms with Crippen LogP contribution >= 0.6 is 0 Å². The van der Waals surface area contributed by atoms with Crippen molar-refractivity contribution in [1.29, 1.82) is 0 Å². The summed E-state index contributed by atoms with van der Waals surface area (Å²) < 4.78 is 0. The summed E-state index contributed by atoms with van der Waals surface area (Å²) in [5.41, 5.74) is 6.04. The molecule has 1 aromatic carbocycles. The van der Waals surface area contributed by atoms with E-state index in [-0.39, 0.29) is 11.3 Å². The molecule has 1 aliphatic rings. The smallest absolute Gasteiger partial charge is 0.337 e. The van der Waals surface area contributed by atoms with Crippen molar-refractivity contribution in [2.75, 3.05) is 23.7 Å². The number of carbonyl (C=O) groups is 1. The summed E-state index contributed by atoms with van der Waals surface area (Å²) in [6.45, 7) is 3.01. The Hall–Kier alpha value is -1.75. The number of nitrogens with two attached hydrogens (primary N) is 1. The van der Waals surface area contributed by atoms with E-state index < -0.39 is 11.6 Å². The van der Waals surface area contributed by atoms with E-state index in [0.717, 1.165) is 12.2 Å². The Morgan fingerprint density at radius 3 is 2.76 bits per heavy atom. The SMILES string of the molecule is CC1(O)CCN(c2ccc(N)c(C(=O)O)c2)C1. The fourth-order valence-corrected chi connectivity index (χ4v) is 2.09. The number of aliphatic hydroxyl groups is 1. The molecule has 0 spiro atoms. The van der Waals surface area contributed by atoms with Crippen molar-refractivity contribution in [2.45, 2.75) is 18.9 Å². The van der Waals surface area contributed by atoms with Gasteiger partial charge in [-0.2, -0.15) is 0 Å². The standard InChI is InChI=1S/C12H16N2O3/c1-12(17)4-5-14(7-12)8-2-3-10(13)9(6-8)11(15)16/h2-3,6,17H,4-5,7,13H2,1H3,(H,15,16). The average molecular weight is 236 g/mol. The van der Waals surface area contributed by atoms with Crippen molar-refractivity contribution in [3.63, 3.8) is 0 Å². The van der Waals surface area contributed by atoms with Crippen LogP contribution in [0.15, 0.2) is 18.2 Å². The molecular weight excluding hydrogens is 220 g/mol. The quantitative estimate of drug-likeness (QED) is 0.665. The zero-order chi connectivity index (χ0) is 12.6. The van der Waals surface area contributed by atoms with Gasteiger partial charge in [-0.05, 0) is 31.5 Å². The maximum absolute atomic E-state index is 11.0. The fraction of sp³-hybridized carbons (Fsp3) is 0.417. The van der Waals surface area contributed by atoms with Gasteiger partial charge in [-0.1, -0.05) is 0 Å². The van der Waals surface area contributed by atoms with Gasteiger partial charge in [0, 0.05) is 24.5 Å². The number of nitrogen functional groups attached to an aromatic ring is 1. The normalized spacial score (nSPS) is 24.0. The van der Waals surface area contributed by atoms with E-state index in [1.54, 1.807) is 25.1 Å². The minimum absolute atomic E-state index is 0.106. The van der Waals surface area contributed by atoms with Crippen LogP contribution in [0.25, 0.3) is 0 Å². The van der Waals surface area contributed by atoms with Crippen molar-refractivity contribution < 1.29 is 15.0 Å². The number of benzene rings is 1. The third-order valence-corrected chi connectivity index (χ3v) is 3.08. The second-order valence-corrected chi connectivity index (χ2v) is 4.75. The van der Waals surface area contributed by atoms with Crippen molar-refractivity contribution >= 4 is 17.3 Å². The van der Waals surface area contributed by atoms with Crippen LogP contribution in [0.4, 0.5) is 11.4 Å². The molecule has 0 bridgehead atoms. The Bertz CT molecular complexity index is 457. The van der Waals surface area contributed by atoms with Crippen LogP contribution in [0.3, 0.4) is 0 Å². The summed E-state index contributed by atoms with van der Waals surface area (Å²) in [6.07, 6.45) is 0.680. The summed E-state index contributed by atoms with van der Waals surface area (Å²) in [4.78, 5) is 12.9. The first-order valence-electron chi connectivity index (χ1n) is 5.49. The second-order valence-electron chi connectivity index (χ2n) is 4.75. The number of hydrogen-bond donors (Lipinski definition) is 3. The first-order chi connectivity index (χ1) is 7.89. The Balaban J connectivity index is 2.29. The summed E-state index contributed by atoms with van der Waals surface area (Å²) in [6, 6.07) is 4.92. The van der Waals surface area contributed by atoms with E-state index in [9.17, 15) is 9.90 Å². The maximum Gasteiger partial charge on any atom is 0.337 e. The predicted octanol–water partition coefficient (Wildman–Crippen LogP) is 0.928. The molecule has 5 nitrogen and oxygen atoms in total. The van der Waals surface area contributed by atoms with E-state index in [1.165, 1.54) is 0 Å². The molecule has 1 fully saturated rings. The highest BCUT2D eigenvalue weighted by atomic mass is 16.4. The van der Waals surface area contributed by atoms with Gasteiger partial charge in [0.2, 0.25) is 0 Å². The fourth-order valence-electron chi connectivity index (χ4n) is 2.09. The lowest BCUT2D eigenvalue weighted by Crippen LogP contribution is -2.29. The van der Waals surface area contributed by atoms with Gasteiger partial charge in [-0.25, -0.2) is 4.79 Å². The third-order valence-electron chi connectivity index (χ3n) is 3.08. The number of carboxylic acid groups (broad SMARTS) is 1. The molecule has 1 atom stereocenters. The summed E-state index contributed by atoms with van der Waals surface area (Å²) in [5, 5.41) is 18.9. The maximum atomic E-state index is 11.0. The molecule has 92 valence electrons. The van der Waals surface area contributed by atoms with Crippen LogP contribution in [0.2, 0.25) is 0 Å². The molecule has 2 rings (SSSR count). The van der Waals surface area contributed by atoms with Gasteiger partial charge >= 0.3 is 5.97 Å². The topological polar surface area (TPSA) is 86.8 Å². The molecule has 0 aromatic heterocycles. The van der Waals surface area contributed by atoms with Gasteiger partial charge < -0.3 is 20.8 Å². The van der Waals surface area contributed by atoms with Crippen molar-refractivity contribution in [3.8, 4) is 0 Å². The summed E-state index contributed by atoms with van der Waals surface area (Å²) in [7, 11) is 0. The lowest BCUT2D eigenvalue weighted by atomic mass is 10.1. The largest absolute Gasteiger partial charge is 0.478 e. The van der Waals surface area contributed by atoms with Crippen LogP contribution in [-0.2, 0) is 0 Å². The zero-order valence-corrected chi connectivity index (χ0v) is 9.68. The van der Waals surface area contributed by atoms with Crippen molar-refractivity contribution in [3.05, 3.63) is 23.8 Å². The Morgan fingerprint density at radius 2 is 2.24 bits per heavy atom. The monoisotopic (exact) mass is 236 g/mol. The second kappa shape index (κ2) is 3.92. The van der Waals surface area contributed by atoms with Gasteiger partial charge in [0.15, 0.2) is 0 Å². The van der Waals surface area contributed by atoms with E-state index in [0.29, 0.717) is 13.0 Å². The molecule has 1 aliphatic heterocycles. The zero-order valence-electron chi connectivity index (χ0n) is 9.68. The lowest BCUT2D eigenvalue weighted by molar-refractivity contribution is 0.0698. The first-order valence-corrected chi connectivity index (χ1v) is 5.49. The van der Waals surface area contributed by atoms with Crippen molar-refractivity contribution in [1.82, 2.24) is 0 Å². The van der Waals surface area contributed by atoms with E-state index in [4.69, 9.17) is 10.8 Å². The molecule has 1 heterocycles. The number of carboxylic acids is 1. The molecule has 1 saturated heterocycles. The lowest BCUT2D eigenvalue weighted by Gasteiger charge is -2.21. The van der Waals surface area contributed by atoms with E-state index in [2.05, 4.69) is 0 Å². The molecule has 4 N–H and O–H groups in total. The van der Waals surface area contributed by atoms with Crippen molar-refractivity contribution in [2.24, 2.45) is 0 Å². The summed E-state index contributed by atoms with van der Waals surface area (Å²) >= 11 is 0. The van der Waals surface area contributed by atoms with Crippen LogP contribution in [0, 0.1) is 0 Å². The van der Waals surface area contributed by atoms with Gasteiger partial charge in [0.25, 0.3) is 0 Å². The minimum Gasteiger partial charge on any atom is -0.478 e. The average Bonchev–Trinajstić information content (AvgIpc) is 2.59. The number of β-amino-alcohol motifs (C(OH)–C–C–N with tert-alkyl or cyclic N) is 1. The minimum atomic E-state index is -1.03. The number of hydrogen-bond acceptors (Lipinski definition) is 4. The van der Waals surface area contributed by atoms with E-state index >= 15 is 0 Å². The first kappa shape index (κ1) is 11.7. The molecule has 1 unspecified atom stereocenters. The van der Waals surface area contributed by atoms with Crippen LogP contribution in [0.1, 0.15) is 23.7 Å². The Labute approximate surface area is 99.5 Å². The number of nitrogens with zero attached hydrogens (tertiary/aromatic N) is 1. The molecular formula is C12H16N2O3. The van der Waals surface area contributed by atoms with Crippen LogP contribution < -0.4 is 10.6 Å². The highest BCUT2D eigenvalue weighted by Crippen LogP contribution is 2.28. The third kappa shape index (κ3) is 2.34. The molecule has 0 radical (unpaired) electrons. The molecule has 0 saturated carbocycles. The molecule has 5 heteroatoms. The number of rotatable bonds is 2. The number of anilines is 2.